The van der Waals surface area contributed by atoms with Gasteiger partial charge in [-0.25, -0.2) is 4.85 Å². The third-order valence-electron chi connectivity index (χ3n) is 11.2. The van der Waals surface area contributed by atoms with Gasteiger partial charge in [0.25, 0.3) is 0 Å². The maximum atomic E-state index is 8.36. The molecule has 0 saturated carbocycles. The molecule has 12 rings (SSSR count). The minimum Gasteiger partial charge on any atom is -0.454 e. The largest absolute Gasteiger partial charge is 0.454 e. The summed E-state index contributed by atoms with van der Waals surface area (Å²) in [7, 11) is 0. The zero-order valence-electron chi connectivity index (χ0n) is 28.7. The van der Waals surface area contributed by atoms with Crippen molar-refractivity contribution in [2.45, 2.75) is 0 Å². The first-order chi connectivity index (χ1) is 26.8. The van der Waals surface area contributed by atoms with Gasteiger partial charge in [-0.15, -0.1) is 0 Å². The van der Waals surface area contributed by atoms with Crippen molar-refractivity contribution in [3.8, 4) is 22.5 Å². The number of aromatic nitrogens is 2. The number of furan rings is 2. The lowest BCUT2D eigenvalue weighted by atomic mass is 10.0. The summed E-state index contributed by atoms with van der Waals surface area (Å²) in [6.45, 7) is 8.36. The molecular weight excluding hydrogens is 663 g/mol. The van der Waals surface area contributed by atoms with Crippen LogP contribution < -0.4 is 0 Å². The molecule has 0 radical (unpaired) electrons. The van der Waals surface area contributed by atoms with Gasteiger partial charge in [0.1, 0.15) is 11.2 Å². The van der Waals surface area contributed by atoms with Crippen molar-refractivity contribution >= 4 is 93.2 Å². The fraction of sp³-hybridized carbons (Fsp3) is 0. The van der Waals surface area contributed by atoms with Gasteiger partial charge in [-0.05, 0) is 54.1 Å². The van der Waals surface area contributed by atoms with E-state index in [9.17, 15) is 0 Å². The maximum absolute atomic E-state index is 8.36. The standard InChI is InChI=1S/C49H27N3O2/c1-50-39-27-22-29(28-43(39)52-42-19-9-4-14-32(42)36-24-26-38-34-16-6-11-21-45(34)54-49(38)47(36)52)30-12-2-7-17-40(30)51-41-18-8-3-13-31(41)35-23-25-37-33-15-5-10-20-44(33)53-48(37)46(35)51/h2-28H. The van der Waals surface area contributed by atoms with Crippen molar-refractivity contribution in [3.63, 3.8) is 0 Å². The number of fused-ring (bicyclic) bond motifs is 14. The Morgan fingerprint density at radius 3 is 1.48 bits per heavy atom. The monoisotopic (exact) mass is 689 g/mol. The highest BCUT2D eigenvalue weighted by atomic mass is 16.3. The Hall–Kier alpha value is -7.55. The van der Waals surface area contributed by atoms with Gasteiger partial charge in [0.05, 0.1) is 40.0 Å². The lowest BCUT2D eigenvalue weighted by molar-refractivity contribution is 0.671. The summed E-state index contributed by atoms with van der Waals surface area (Å²) in [6.07, 6.45) is 0. The van der Waals surface area contributed by atoms with Crippen molar-refractivity contribution in [2.24, 2.45) is 0 Å². The molecule has 0 spiro atoms. The van der Waals surface area contributed by atoms with Crippen LogP contribution in [0.1, 0.15) is 0 Å². The minimum absolute atomic E-state index is 0.563. The summed E-state index contributed by atoms with van der Waals surface area (Å²) in [5.41, 5.74) is 11.9. The summed E-state index contributed by atoms with van der Waals surface area (Å²) in [6, 6.07) is 56.9. The highest BCUT2D eigenvalue weighted by Crippen LogP contribution is 2.45. The van der Waals surface area contributed by atoms with E-state index in [2.05, 4.69) is 141 Å². The Balaban J connectivity index is 1.17. The zero-order chi connectivity index (χ0) is 35.5. The summed E-state index contributed by atoms with van der Waals surface area (Å²) in [4.78, 5) is 4.09. The highest BCUT2D eigenvalue weighted by Gasteiger charge is 2.23. The second kappa shape index (κ2) is 10.7. The number of hydrogen-bond donors (Lipinski definition) is 0. The molecule has 0 bridgehead atoms. The van der Waals surface area contributed by atoms with Crippen molar-refractivity contribution in [3.05, 3.63) is 175 Å². The van der Waals surface area contributed by atoms with Crippen LogP contribution in [0.3, 0.4) is 0 Å². The van der Waals surface area contributed by atoms with Crippen molar-refractivity contribution in [1.82, 2.24) is 9.13 Å². The third kappa shape index (κ3) is 3.81. The van der Waals surface area contributed by atoms with Crippen LogP contribution in [0.25, 0.3) is 115 Å². The molecule has 0 aliphatic rings. The molecule has 4 heterocycles. The Labute approximate surface area is 307 Å². The zero-order valence-corrected chi connectivity index (χ0v) is 28.7. The molecule has 0 saturated heterocycles. The molecule has 0 amide bonds. The molecule has 8 aromatic carbocycles. The second-order valence-corrected chi connectivity index (χ2v) is 13.9. The lowest BCUT2D eigenvalue weighted by Gasteiger charge is -2.16. The van der Waals surface area contributed by atoms with Gasteiger partial charge >= 0.3 is 0 Å². The van der Waals surface area contributed by atoms with Crippen LogP contribution >= 0.6 is 0 Å². The molecule has 0 aliphatic carbocycles. The van der Waals surface area contributed by atoms with E-state index in [4.69, 9.17) is 15.4 Å². The average Bonchev–Trinajstić information content (AvgIpc) is 3.98. The molecule has 0 atom stereocenters. The van der Waals surface area contributed by atoms with Crippen LogP contribution in [-0.4, -0.2) is 9.13 Å². The van der Waals surface area contributed by atoms with E-state index in [-0.39, 0.29) is 0 Å². The molecule has 5 nitrogen and oxygen atoms in total. The molecule has 0 fully saturated rings. The Morgan fingerprint density at radius 1 is 0.407 bits per heavy atom. The van der Waals surface area contributed by atoms with Crippen LogP contribution in [0.15, 0.2) is 173 Å². The summed E-state index contributed by atoms with van der Waals surface area (Å²) in [5.74, 6) is 0. The number of rotatable bonds is 3. The molecule has 4 aromatic heterocycles. The van der Waals surface area contributed by atoms with Gasteiger partial charge in [0, 0.05) is 48.7 Å². The van der Waals surface area contributed by atoms with E-state index in [0.717, 1.165) is 110 Å². The quantitative estimate of drug-likeness (QED) is 0.173. The first kappa shape index (κ1) is 29.1. The lowest BCUT2D eigenvalue weighted by Crippen LogP contribution is -1.99. The van der Waals surface area contributed by atoms with E-state index in [1.807, 2.05) is 36.4 Å². The first-order valence-electron chi connectivity index (χ1n) is 18.1. The van der Waals surface area contributed by atoms with E-state index in [1.54, 1.807) is 0 Å². The molecule has 12 aromatic rings. The fourth-order valence-corrected chi connectivity index (χ4v) is 8.84. The number of nitrogens with zero attached hydrogens (tertiary/aromatic N) is 3. The molecule has 0 N–H and O–H groups in total. The first-order valence-corrected chi connectivity index (χ1v) is 18.1. The van der Waals surface area contributed by atoms with Gasteiger partial charge in [-0.2, -0.15) is 0 Å². The van der Waals surface area contributed by atoms with Crippen LogP contribution in [0.5, 0.6) is 0 Å². The molecule has 0 aliphatic heterocycles. The van der Waals surface area contributed by atoms with Gasteiger partial charge in [0.2, 0.25) is 5.69 Å². The van der Waals surface area contributed by atoms with Crippen LogP contribution in [0.4, 0.5) is 5.69 Å². The Morgan fingerprint density at radius 2 is 0.889 bits per heavy atom. The second-order valence-electron chi connectivity index (χ2n) is 13.9. The van der Waals surface area contributed by atoms with E-state index >= 15 is 0 Å². The Bertz CT molecular complexity index is 3590. The maximum Gasteiger partial charge on any atom is 0.210 e. The van der Waals surface area contributed by atoms with Gasteiger partial charge in [-0.1, -0.05) is 115 Å². The van der Waals surface area contributed by atoms with Crippen molar-refractivity contribution in [1.29, 1.82) is 0 Å². The fourth-order valence-electron chi connectivity index (χ4n) is 8.84. The van der Waals surface area contributed by atoms with Gasteiger partial charge in [0.15, 0.2) is 11.2 Å². The van der Waals surface area contributed by atoms with Crippen LogP contribution in [0.2, 0.25) is 0 Å². The van der Waals surface area contributed by atoms with Crippen LogP contribution in [-0.2, 0) is 0 Å². The predicted molar refractivity (Wildman–Crippen MR) is 221 cm³/mol. The predicted octanol–water partition coefficient (Wildman–Crippen LogP) is 13.9. The number of hydrogen-bond acceptors (Lipinski definition) is 2. The Kier molecular flexibility index (Phi) is 5.78. The minimum atomic E-state index is 0.563. The van der Waals surface area contributed by atoms with E-state index < -0.39 is 0 Å². The summed E-state index contributed by atoms with van der Waals surface area (Å²) < 4.78 is 17.9. The van der Waals surface area contributed by atoms with E-state index in [1.165, 1.54) is 0 Å². The summed E-state index contributed by atoms with van der Waals surface area (Å²) >= 11 is 0. The molecule has 0 unspecified atom stereocenters. The number of para-hydroxylation sites is 5. The molecule has 250 valence electrons. The average molecular weight is 690 g/mol. The van der Waals surface area contributed by atoms with Gasteiger partial charge < -0.3 is 18.0 Å². The van der Waals surface area contributed by atoms with Crippen LogP contribution in [0, 0.1) is 6.57 Å². The van der Waals surface area contributed by atoms with Crippen molar-refractivity contribution in [2.75, 3.05) is 0 Å². The molecular formula is C49H27N3O2. The third-order valence-corrected chi connectivity index (χ3v) is 11.2. The topological polar surface area (TPSA) is 40.5 Å². The van der Waals surface area contributed by atoms with Crippen molar-refractivity contribution < 1.29 is 8.83 Å². The normalized spacial score (nSPS) is 12.1. The SMILES string of the molecule is [C-]#[N+]c1ccc(-c2ccccc2-n2c3ccccc3c3ccc4c5ccccc5oc4c32)cc1-n1c2ccccc2c2ccc3c4ccccc4oc3c21. The van der Waals surface area contributed by atoms with Gasteiger partial charge in [-0.3, -0.25) is 0 Å². The molecule has 54 heavy (non-hydrogen) atoms. The number of benzene rings is 8. The smallest absolute Gasteiger partial charge is 0.210 e. The molecule has 5 heteroatoms. The van der Waals surface area contributed by atoms with E-state index in [0.29, 0.717) is 5.69 Å². The summed E-state index contributed by atoms with van der Waals surface area (Å²) in [5, 5.41) is 8.80. The highest BCUT2D eigenvalue weighted by molar-refractivity contribution is 6.23.